The third-order valence-electron chi connectivity index (χ3n) is 1.12. The number of nitrogens with zero attached hydrogens (tertiary/aromatic N) is 2. The van der Waals surface area contributed by atoms with E-state index in [0.29, 0.717) is 0 Å². The van der Waals surface area contributed by atoms with Gasteiger partial charge in [0, 0.05) is 24.0 Å². The molecule has 0 spiro atoms. The van der Waals surface area contributed by atoms with Crippen LogP contribution in [-0.4, -0.2) is 4.98 Å². The van der Waals surface area contributed by atoms with Crippen LogP contribution in [0.15, 0.2) is 36.7 Å². The summed E-state index contributed by atoms with van der Waals surface area (Å²) in [6.45, 7) is 0. The van der Waals surface area contributed by atoms with Gasteiger partial charge < -0.3 is 0 Å². The average molecular weight is 154 g/mol. The highest BCUT2D eigenvalue weighted by Gasteiger charge is 1.79. The Hall–Kier alpha value is -2.06. The SMILES string of the molecule is N#CC=CC#Cc1cccnc1. The number of pyridine rings is 1. The van der Waals surface area contributed by atoms with E-state index in [-0.39, 0.29) is 0 Å². The summed E-state index contributed by atoms with van der Waals surface area (Å²) in [5.74, 6) is 5.54. The summed E-state index contributed by atoms with van der Waals surface area (Å²) in [4.78, 5) is 3.89. The first-order valence-electron chi connectivity index (χ1n) is 3.39. The van der Waals surface area contributed by atoms with Crippen LogP contribution in [0.2, 0.25) is 0 Å². The molecule has 0 unspecified atom stereocenters. The predicted octanol–water partition coefficient (Wildman–Crippen LogP) is 1.51. The van der Waals surface area contributed by atoms with Gasteiger partial charge in [-0.1, -0.05) is 11.8 Å². The van der Waals surface area contributed by atoms with Crippen molar-refractivity contribution >= 4 is 0 Å². The van der Waals surface area contributed by atoms with Crippen molar-refractivity contribution in [2.24, 2.45) is 0 Å². The van der Waals surface area contributed by atoms with Gasteiger partial charge in [0.25, 0.3) is 0 Å². The minimum Gasteiger partial charge on any atom is -0.263 e. The summed E-state index contributed by atoms with van der Waals surface area (Å²) in [7, 11) is 0. The topological polar surface area (TPSA) is 36.7 Å². The van der Waals surface area contributed by atoms with Gasteiger partial charge in [-0.25, -0.2) is 0 Å². The molecular weight excluding hydrogens is 148 g/mol. The lowest BCUT2D eigenvalue weighted by Crippen LogP contribution is -1.73. The number of nitriles is 1. The van der Waals surface area contributed by atoms with Crippen molar-refractivity contribution in [3.05, 3.63) is 42.2 Å². The van der Waals surface area contributed by atoms with Crippen LogP contribution in [0.3, 0.4) is 0 Å². The van der Waals surface area contributed by atoms with E-state index in [1.54, 1.807) is 12.4 Å². The minimum atomic E-state index is 0.847. The second-order valence-corrected chi connectivity index (χ2v) is 1.97. The first-order valence-corrected chi connectivity index (χ1v) is 3.39. The molecule has 0 aliphatic heterocycles. The van der Waals surface area contributed by atoms with Gasteiger partial charge in [-0.15, -0.1) is 0 Å². The molecule has 56 valence electrons. The van der Waals surface area contributed by atoms with Gasteiger partial charge >= 0.3 is 0 Å². The van der Waals surface area contributed by atoms with Crippen LogP contribution in [0.4, 0.5) is 0 Å². The van der Waals surface area contributed by atoms with E-state index in [4.69, 9.17) is 5.26 Å². The van der Waals surface area contributed by atoms with Crippen LogP contribution in [0.5, 0.6) is 0 Å². The number of hydrogen-bond donors (Lipinski definition) is 0. The van der Waals surface area contributed by atoms with Crippen molar-refractivity contribution in [3.63, 3.8) is 0 Å². The molecular formula is C10H6N2. The van der Waals surface area contributed by atoms with E-state index in [2.05, 4.69) is 16.8 Å². The molecule has 1 heterocycles. The molecule has 1 rings (SSSR count). The number of allylic oxidation sites excluding steroid dienone is 2. The summed E-state index contributed by atoms with van der Waals surface area (Å²) < 4.78 is 0. The summed E-state index contributed by atoms with van der Waals surface area (Å²) in [5, 5.41) is 8.15. The van der Waals surface area contributed by atoms with Gasteiger partial charge in [0.05, 0.1) is 6.07 Å². The summed E-state index contributed by atoms with van der Waals surface area (Å²) in [6.07, 6.45) is 6.21. The number of hydrogen-bond acceptors (Lipinski definition) is 2. The molecule has 12 heavy (non-hydrogen) atoms. The van der Waals surface area contributed by atoms with E-state index in [0.717, 1.165) is 5.56 Å². The molecule has 0 fully saturated rings. The zero-order valence-electron chi connectivity index (χ0n) is 6.36. The van der Waals surface area contributed by atoms with Gasteiger partial charge in [0.1, 0.15) is 0 Å². The average Bonchev–Trinajstić information content (AvgIpc) is 2.14. The number of rotatable bonds is 0. The standard InChI is InChI=1S/C10H6N2/c11-7-3-1-2-5-10-6-4-8-12-9-10/h1,3-4,6,8-9H. The Bertz CT molecular complexity index is 360. The van der Waals surface area contributed by atoms with E-state index in [1.807, 2.05) is 18.2 Å². The zero-order chi connectivity index (χ0) is 8.65. The molecule has 0 aliphatic carbocycles. The second-order valence-electron chi connectivity index (χ2n) is 1.97. The molecule has 1 aromatic heterocycles. The third-order valence-corrected chi connectivity index (χ3v) is 1.12. The molecule has 0 aromatic carbocycles. The van der Waals surface area contributed by atoms with Crippen LogP contribution in [0, 0.1) is 23.2 Å². The van der Waals surface area contributed by atoms with Gasteiger partial charge in [-0.2, -0.15) is 5.26 Å². The van der Waals surface area contributed by atoms with Crippen LogP contribution in [-0.2, 0) is 0 Å². The van der Waals surface area contributed by atoms with Crippen molar-refractivity contribution in [2.45, 2.75) is 0 Å². The first kappa shape index (κ1) is 8.04. The van der Waals surface area contributed by atoms with Crippen LogP contribution >= 0.6 is 0 Å². The Morgan fingerprint density at radius 1 is 1.42 bits per heavy atom. The van der Waals surface area contributed by atoms with Crippen molar-refractivity contribution in [1.29, 1.82) is 5.26 Å². The second kappa shape index (κ2) is 4.71. The lowest BCUT2D eigenvalue weighted by atomic mass is 10.3. The molecule has 0 N–H and O–H groups in total. The van der Waals surface area contributed by atoms with Crippen molar-refractivity contribution < 1.29 is 0 Å². The normalized spacial score (nSPS) is 8.58. The Balaban J connectivity index is 2.69. The lowest BCUT2D eigenvalue weighted by Gasteiger charge is -1.83. The monoisotopic (exact) mass is 154 g/mol. The van der Waals surface area contributed by atoms with E-state index < -0.39 is 0 Å². The molecule has 0 saturated heterocycles. The Labute approximate surface area is 71.2 Å². The highest BCUT2D eigenvalue weighted by atomic mass is 14.6. The van der Waals surface area contributed by atoms with E-state index >= 15 is 0 Å². The largest absolute Gasteiger partial charge is 0.263 e. The fourth-order valence-corrected chi connectivity index (χ4v) is 0.641. The highest BCUT2D eigenvalue weighted by Crippen LogP contribution is 1.90. The molecule has 0 atom stereocenters. The smallest absolute Gasteiger partial charge is 0.0918 e. The molecule has 0 aliphatic rings. The molecule has 0 radical (unpaired) electrons. The Kier molecular flexibility index (Phi) is 3.16. The van der Waals surface area contributed by atoms with E-state index in [1.165, 1.54) is 12.2 Å². The van der Waals surface area contributed by atoms with Crippen LogP contribution in [0.1, 0.15) is 5.56 Å². The van der Waals surface area contributed by atoms with E-state index in [9.17, 15) is 0 Å². The van der Waals surface area contributed by atoms with Crippen LogP contribution < -0.4 is 0 Å². The molecule has 0 saturated carbocycles. The maximum atomic E-state index is 8.15. The number of aromatic nitrogens is 1. The van der Waals surface area contributed by atoms with Crippen molar-refractivity contribution in [1.82, 2.24) is 4.98 Å². The van der Waals surface area contributed by atoms with Crippen molar-refractivity contribution in [3.8, 4) is 17.9 Å². The van der Waals surface area contributed by atoms with Gasteiger partial charge in [0.2, 0.25) is 0 Å². The predicted molar refractivity (Wildman–Crippen MR) is 45.9 cm³/mol. The molecule has 1 aromatic rings. The third kappa shape index (κ3) is 2.68. The zero-order valence-corrected chi connectivity index (χ0v) is 6.36. The highest BCUT2D eigenvalue weighted by molar-refractivity contribution is 5.35. The van der Waals surface area contributed by atoms with Gasteiger partial charge in [0.15, 0.2) is 0 Å². The fraction of sp³-hybridized carbons (Fsp3) is 0. The summed E-state index contributed by atoms with van der Waals surface area (Å²) in [5.41, 5.74) is 0.847. The quantitative estimate of drug-likeness (QED) is 0.419. The molecule has 0 bridgehead atoms. The fourth-order valence-electron chi connectivity index (χ4n) is 0.641. The maximum absolute atomic E-state index is 8.15. The molecule has 0 amide bonds. The maximum Gasteiger partial charge on any atom is 0.0918 e. The van der Waals surface area contributed by atoms with Gasteiger partial charge in [-0.05, 0) is 18.2 Å². The molecule has 2 heteroatoms. The van der Waals surface area contributed by atoms with Gasteiger partial charge in [-0.3, -0.25) is 4.98 Å². The Morgan fingerprint density at radius 3 is 3.00 bits per heavy atom. The lowest BCUT2D eigenvalue weighted by molar-refractivity contribution is 1.31. The van der Waals surface area contributed by atoms with Crippen molar-refractivity contribution in [2.75, 3.05) is 0 Å². The van der Waals surface area contributed by atoms with Crippen LogP contribution in [0.25, 0.3) is 0 Å². The molecule has 2 nitrogen and oxygen atoms in total. The first-order chi connectivity index (χ1) is 5.93. The Morgan fingerprint density at radius 2 is 2.33 bits per heavy atom. The summed E-state index contributed by atoms with van der Waals surface area (Å²) in [6, 6.07) is 5.53. The summed E-state index contributed by atoms with van der Waals surface area (Å²) >= 11 is 0. The minimum absolute atomic E-state index is 0.847.